The number of carbonyl (C=O) groups is 1. The third kappa shape index (κ3) is 4.03. The second kappa shape index (κ2) is 6.85. The summed E-state index contributed by atoms with van der Waals surface area (Å²) < 4.78 is 10.3. The molecule has 1 aromatic carbocycles. The van der Waals surface area contributed by atoms with Crippen molar-refractivity contribution in [3.8, 4) is 5.75 Å². The first kappa shape index (κ1) is 13.4. The third-order valence-electron chi connectivity index (χ3n) is 2.11. The highest BCUT2D eigenvalue weighted by Crippen LogP contribution is 2.15. The summed E-state index contributed by atoms with van der Waals surface area (Å²) in [6.07, 6.45) is -0.820. The van der Waals surface area contributed by atoms with Crippen molar-refractivity contribution in [2.75, 3.05) is 13.7 Å². The first-order valence-electron chi connectivity index (χ1n) is 5.07. The van der Waals surface area contributed by atoms with Crippen molar-refractivity contribution in [3.05, 3.63) is 29.8 Å². The van der Waals surface area contributed by atoms with Gasteiger partial charge < -0.3 is 14.6 Å². The number of nitrogens with two attached hydrogens (primary N) is 1. The van der Waals surface area contributed by atoms with Crippen molar-refractivity contribution in [1.29, 1.82) is 0 Å². The second-order valence-electron chi connectivity index (χ2n) is 3.38. The van der Waals surface area contributed by atoms with Crippen LogP contribution in [0.15, 0.2) is 24.3 Å². The Morgan fingerprint density at radius 1 is 1.59 bits per heavy atom. The highest BCUT2D eigenvalue weighted by molar-refractivity contribution is 5.80. The van der Waals surface area contributed by atoms with Crippen LogP contribution >= 0.6 is 0 Å². The number of amides is 1. The van der Waals surface area contributed by atoms with Crippen molar-refractivity contribution in [3.63, 3.8) is 0 Å². The number of hydrogen-bond donors (Lipinski definition) is 3. The molecule has 0 aliphatic rings. The van der Waals surface area contributed by atoms with Crippen LogP contribution in [0.4, 0.5) is 0 Å². The van der Waals surface area contributed by atoms with Gasteiger partial charge in [-0.2, -0.15) is 0 Å². The molecule has 6 nitrogen and oxygen atoms in total. The normalized spacial score (nSPS) is 11.9. The zero-order chi connectivity index (χ0) is 12.7. The number of carbonyl (C=O) groups excluding carboxylic acids is 1. The molecule has 0 heterocycles. The number of aliphatic hydroxyl groups excluding tert-OH is 1. The summed E-state index contributed by atoms with van der Waals surface area (Å²) in [5, 5.41) is 8.98. The second-order valence-corrected chi connectivity index (χ2v) is 3.38. The van der Waals surface area contributed by atoms with Gasteiger partial charge in [-0.1, -0.05) is 12.1 Å². The van der Waals surface area contributed by atoms with Gasteiger partial charge in [-0.3, -0.25) is 10.2 Å². The number of benzene rings is 1. The minimum absolute atomic E-state index is 0.0881. The molecule has 0 aliphatic heterocycles. The molecule has 1 amide bonds. The first-order valence-corrected chi connectivity index (χ1v) is 5.07. The molecule has 6 heteroatoms. The predicted molar refractivity (Wildman–Crippen MR) is 61.0 cm³/mol. The molecule has 0 saturated carbocycles. The summed E-state index contributed by atoms with van der Waals surface area (Å²) in [5.74, 6) is 5.04. The molecule has 1 atom stereocenters. The van der Waals surface area contributed by atoms with Crippen LogP contribution in [-0.2, 0) is 16.1 Å². The maximum absolute atomic E-state index is 11.4. The zero-order valence-corrected chi connectivity index (χ0v) is 9.55. The maximum atomic E-state index is 11.4. The van der Waals surface area contributed by atoms with Crippen LogP contribution < -0.4 is 16.0 Å². The van der Waals surface area contributed by atoms with Crippen molar-refractivity contribution >= 4 is 5.91 Å². The van der Waals surface area contributed by atoms with Crippen LogP contribution in [0.25, 0.3) is 0 Å². The van der Waals surface area contributed by atoms with E-state index >= 15 is 0 Å². The Morgan fingerprint density at radius 3 is 2.94 bits per heavy atom. The molecule has 1 unspecified atom stereocenters. The molecule has 0 aliphatic carbocycles. The van der Waals surface area contributed by atoms with Crippen molar-refractivity contribution in [2.45, 2.75) is 12.7 Å². The maximum Gasteiger partial charge on any atom is 0.277 e. The van der Waals surface area contributed by atoms with Gasteiger partial charge in [0.1, 0.15) is 5.75 Å². The molecule has 0 saturated heterocycles. The number of methoxy groups -OCH3 is 1. The molecule has 4 N–H and O–H groups in total. The van der Waals surface area contributed by atoms with Gasteiger partial charge in [-0.15, -0.1) is 0 Å². The van der Waals surface area contributed by atoms with E-state index in [-0.39, 0.29) is 13.2 Å². The van der Waals surface area contributed by atoms with E-state index in [1.54, 1.807) is 24.3 Å². The first-order chi connectivity index (χ1) is 8.21. The van der Waals surface area contributed by atoms with E-state index < -0.39 is 12.0 Å². The molecule has 1 aromatic rings. The minimum atomic E-state index is -0.820. The number of aliphatic hydroxyl groups is 1. The Labute approximate surface area is 99.3 Å². The minimum Gasteiger partial charge on any atom is -0.478 e. The highest BCUT2D eigenvalue weighted by Gasteiger charge is 2.19. The fourth-order valence-electron chi connectivity index (χ4n) is 1.29. The van der Waals surface area contributed by atoms with E-state index in [1.807, 2.05) is 5.43 Å². The van der Waals surface area contributed by atoms with Crippen molar-refractivity contribution in [2.24, 2.45) is 5.84 Å². The Bertz CT molecular complexity index is 370. The molecular formula is C11H16N2O4. The molecule has 17 heavy (non-hydrogen) atoms. The Kier molecular flexibility index (Phi) is 5.41. The van der Waals surface area contributed by atoms with E-state index in [9.17, 15) is 4.79 Å². The van der Waals surface area contributed by atoms with Crippen molar-refractivity contribution in [1.82, 2.24) is 5.43 Å². The van der Waals surface area contributed by atoms with Gasteiger partial charge in [0.2, 0.25) is 6.10 Å². The number of rotatable bonds is 6. The van der Waals surface area contributed by atoms with E-state index in [4.69, 9.17) is 20.4 Å². The summed E-state index contributed by atoms with van der Waals surface area (Å²) in [4.78, 5) is 11.4. The number of nitrogens with one attached hydrogen (secondary N) is 1. The zero-order valence-electron chi connectivity index (χ0n) is 9.55. The smallest absolute Gasteiger partial charge is 0.277 e. The summed E-state index contributed by atoms with van der Waals surface area (Å²) in [6, 6.07) is 6.81. The fraction of sp³-hybridized carbons (Fsp3) is 0.364. The SMILES string of the molecule is COCC(Oc1cccc(CO)c1)C(=O)NN. The van der Waals surface area contributed by atoms with Crippen LogP contribution in [-0.4, -0.2) is 30.8 Å². The van der Waals surface area contributed by atoms with Crippen LogP contribution in [0.5, 0.6) is 5.75 Å². The van der Waals surface area contributed by atoms with Gasteiger partial charge in [0.25, 0.3) is 5.91 Å². The number of ether oxygens (including phenoxy) is 2. The Morgan fingerprint density at radius 2 is 2.35 bits per heavy atom. The molecule has 0 radical (unpaired) electrons. The quantitative estimate of drug-likeness (QED) is 0.356. The molecule has 0 fully saturated rings. The van der Waals surface area contributed by atoms with Gasteiger partial charge in [0.05, 0.1) is 13.2 Å². The summed E-state index contributed by atoms with van der Waals surface area (Å²) in [6.45, 7) is 0.00160. The van der Waals surface area contributed by atoms with E-state index in [2.05, 4.69) is 0 Å². The lowest BCUT2D eigenvalue weighted by atomic mass is 10.2. The topological polar surface area (TPSA) is 93.8 Å². The van der Waals surface area contributed by atoms with Crippen LogP contribution in [0, 0.1) is 0 Å². The van der Waals surface area contributed by atoms with Crippen molar-refractivity contribution < 1.29 is 19.4 Å². The summed E-state index contributed by atoms with van der Waals surface area (Å²) in [7, 11) is 1.46. The van der Waals surface area contributed by atoms with Gasteiger partial charge >= 0.3 is 0 Å². The van der Waals surface area contributed by atoms with Crippen LogP contribution in [0.1, 0.15) is 5.56 Å². The highest BCUT2D eigenvalue weighted by atomic mass is 16.5. The monoisotopic (exact) mass is 240 g/mol. The third-order valence-corrected chi connectivity index (χ3v) is 2.11. The van der Waals surface area contributed by atoms with E-state index in [1.165, 1.54) is 7.11 Å². The lowest BCUT2D eigenvalue weighted by molar-refractivity contribution is -0.130. The van der Waals surface area contributed by atoms with E-state index in [0.29, 0.717) is 11.3 Å². The summed E-state index contributed by atoms with van der Waals surface area (Å²) >= 11 is 0. The summed E-state index contributed by atoms with van der Waals surface area (Å²) in [5.41, 5.74) is 2.71. The molecule has 94 valence electrons. The fourth-order valence-corrected chi connectivity index (χ4v) is 1.29. The van der Waals surface area contributed by atoms with Crippen LogP contribution in [0.3, 0.4) is 0 Å². The largest absolute Gasteiger partial charge is 0.478 e. The standard InChI is InChI=1S/C11H16N2O4/c1-16-7-10(11(15)13-12)17-9-4-2-3-8(5-9)6-14/h2-5,10,14H,6-7,12H2,1H3,(H,13,15). The number of hydrazine groups is 1. The predicted octanol–water partition coefficient (Wildman–Crippen LogP) is -0.437. The average Bonchev–Trinajstić information content (AvgIpc) is 2.37. The molecule has 0 aromatic heterocycles. The Balaban J connectivity index is 2.74. The van der Waals surface area contributed by atoms with Crippen LogP contribution in [0.2, 0.25) is 0 Å². The molecule has 1 rings (SSSR count). The average molecular weight is 240 g/mol. The van der Waals surface area contributed by atoms with Gasteiger partial charge in [-0.05, 0) is 17.7 Å². The molecule has 0 bridgehead atoms. The lowest BCUT2D eigenvalue weighted by Crippen LogP contribution is -2.44. The van der Waals surface area contributed by atoms with Gasteiger partial charge in [0.15, 0.2) is 0 Å². The number of hydrogen-bond acceptors (Lipinski definition) is 5. The molecule has 0 spiro atoms. The van der Waals surface area contributed by atoms with E-state index in [0.717, 1.165) is 0 Å². The van der Waals surface area contributed by atoms with Gasteiger partial charge in [-0.25, -0.2) is 5.84 Å². The molecular weight excluding hydrogens is 224 g/mol. The Hall–Kier alpha value is -1.63. The lowest BCUT2D eigenvalue weighted by Gasteiger charge is -2.16. The van der Waals surface area contributed by atoms with Gasteiger partial charge in [0, 0.05) is 7.11 Å².